The molecule has 0 radical (unpaired) electrons. The Kier molecular flexibility index (Phi) is 5.43. The Morgan fingerprint density at radius 3 is 2.52 bits per heavy atom. The fourth-order valence-electron chi connectivity index (χ4n) is 4.37. The topological polar surface area (TPSA) is 86.9 Å². The van der Waals surface area contributed by atoms with Crippen molar-refractivity contribution in [3.05, 3.63) is 81.6 Å². The Labute approximate surface area is 175 Å². The lowest BCUT2D eigenvalue weighted by Gasteiger charge is -2.40. The first-order chi connectivity index (χ1) is 14.0. The Balaban J connectivity index is 1.60. The number of nitrogen functional groups attached to an aromatic ring is 1. The number of nitrogens with zero attached hydrogens (tertiary/aromatic N) is 2. The molecule has 0 spiro atoms. The minimum atomic E-state index is -0.101. The highest BCUT2D eigenvalue weighted by Gasteiger charge is 2.37. The van der Waals surface area contributed by atoms with E-state index in [0.717, 1.165) is 42.0 Å². The van der Waals surface area contributed by atoms with E-state index in [1.807, 2.05) is 42.5 Å². The molecule has 1 aliphatic rings. The van der Waals surface area contributed by atoms with E-state index in [-0.39, 0.29) is 17.0 Å². The number of hydrogen-bond donors (Lipinski definition) is 2. The molecule has 0 amide bonds. The first-order valence-electron chi connectivity index (χ1n) is 9.93. The molecule has 150 valence electrons. The second-order valence-electron chi connectivity index (χ2n) is 7.85. The fraction of sp³-hybridized carbons (Fsp3) is 0.304. The molecule has 0 saturated heterocycles. The first kappa shape index (κ1) is 19.7. The second kappa shape index (κ2) is 8.01. The molecule has 0 atom stereocenters. The van der Waals surface area contributed by atoms with Crippen LogP contribution in [0.4, 0.5) is 5.69 Å². The van der Waals surface area contributed by atoms with Gasteiger partial charge in [0.05, 0.1) is 11.7 Å². The van der Waals surface area contributed by atoms with Crippen molar-refractivity contribution < 1.29 is 0 Å². The highest BCUT2D eigenvalue weighted by molar-refractivity contribution is 6.30. The van der Waals surface area contributed by atoms with Crippen molar-refractivity contribution in [2.75, 3.05) is 12.3 Å². The van der Waals surface area contributed by atoms with Gasteiger partial charge in [-0.15, -0.1) is 0 Å². The summed E-state index contributed by atoms with van der Waals surface area (Å²) in [6.45, 7) is 0.561. The summed E-state index contributed by atoms with van der Waals surface area (Å²) in [5.41, 5.74) is 15.4. The molecule has 3 aromatic rings. The summed E-state index contributed by atoms with van der Waals surface area (Å²) >= 11 is 6.21. The highest BCUT2D eigenvalue weighted by Crippen LogP contribution is 2.42. The van der Waals surface area contributed by atoms with Gasteiger partial charge in [0.1, 0.15) is 0 Å². The van der Waals surface area contributed by atoms with Gasteiger partial charge in [-0.05, 0) is 61.6 Å². The lowest BCUT2D eigenvalue weighted by atomic mass is 9.68. The van der Waals surface area contributed by atoms with Crippen molar-refractivity contribution in [1.29, 1.82) is 0 Å². The van der Waals surface area contributed by atoms with Crippen LogP contribution in [0.5, 0.6) is 0 Å². The van der Waals surface area contributed by atoms with Crippen LogP contribution in [0.3, 0.4) is 0 Å². The number of anilines is 1. The van der Waals surface area contributed by atoms with Crippen LogP contribution in [0.2, 0.25) is 5.02 Å². The van der Waals surface area contributed by atoms with E-state index in [0.29, 0.717) is 12.2 Å². The molecule has 1 saturated carbocycles. The van der Waals surface area contributed by atoms with Crippen LogP contribution in [0.1, 0.15) is 37.3 Å². The summed E-state index contributed by atoms with van der Waals surface area (Å²) in [5, 5.41) is 5.39. The summed E-state index contributed by atoms with van der Waals surface area (Å²) in [7, 11) is 0. The molecule has 0 unspecified atom stereocenters. The maximum absolute atomic E-state index is 12.5. The summed E-state index contributed by atoms with van der Waals surface area (Å²) in [5.74, 6) is 0. The summed E-state index contributed by atoms with van der Waals surface area (Å²) in [4.78, 5) is 12.5. The summed E-state index contributed by atoms with van der Waals surface area (Å²) < 4.78 is 1.64. The van der Waals surface area contributed by atoms with Crippen molar-refractivity contribution in [3.8, 4) is 11.3 Å². The van der Waals surface area contributed by atoms with Gasteiger partial charge in [-0.1, -0.05) is 35.9 Å². The lowest BCUT2D eigenvalue weighted by Crippen LogP contribution is -2.41. The number of nitrogens with two attached hydrogens (primary N) is 2. The monoisotopic (exact) mass is 408 g/mol. The van der Waals surface area contributed by atoms with Crippen molar-refractivity contribution in [2.24, 2.45) is 5.73 Å². The number of benzene rings is 2. The van der Waals surface area contributed by atoms with E-state index >= 15 is 0 Å². The average Bonchev–Trinajstić information content (AvgIpc) is 2.74. The SMILES string of the molecule is NC[C@]1(c2cccc(Cl)c2)CC[C@H](n2nc(-c3cccc(N)c3)ccc2=O)CC1. The van der Waals surface area contributed by atoms with Gasteiger partial charge < -0.3 is 11.5 Å². The number of rotatable bonds is 4. The second-order valence-corrected chi connectivity index (χ2v) is 8.29. The van der Waals surface area contributed by atoms with Gasteiger partial charge in [0.25, 0.3) is 5.56 Å². The van der Waals surface area contributed by atoms with Crippen molar-refractivity contribution in [2.45, 2.75) is 37.1 Å². The van der Waals surface area contributed by atoms with Gasteiger partial charge in [-0.25, -0.2) is 4.68 Å². The van der Waals surface area contributed by atoms with Gasteiger partial charge in [-0.2, -0.15) is 5.10 Å². The van der Waals surface area contributed by atoms with Crippen LogP contribution in [-0.4, -0.2) is 16.3 Å². The molecular weight excluding hydrogens is 384 g/mol. The Morgan fingerprint density at radius 2 is 1.83 bits per heavy atom. The Hall–Kier alpha value is -2.63. The standard InChI is InChI=1S/C23H25ClN4O/c24-18-5-2-4-17(14-18)23(15-25)11-9-20(10-12-23)28-22(29)8-7-21(27-28)16-3-1-6-19(26)13-16/h1-8,13-14,20H,9-12,15,25-26H2/t20-,23-. The molecule has 4 rings (SSSR count). The zero-order valence-electron chi connectivity index (χ0n) is 16.2. The van der Waals surface area contributed by atoms with E-state index in [9.17, 15) is 4.79 Å². The van der Waals surface area contributed by atoms with E-state index in [1.54, 1.807) is 16.8 Å². The zero-order chi connectivity index (χ0) is 20.4. The van der Waals surface area contributed by atoms with E-state index in [4.69, 9.17) is 23.1 Å². The summed E-state index contributed by atoms with van der Waals surface area (Å²) in [6, 6.07) is 18.9. The summed E-state index contributed by atoms with van der Waals surface area (Å²) in [6.07, 6.45) is 3.48. The third kappa shape index (κ3) is 3.93. The number of aromatic nitrogens is 2. The maximum Gasteiger partial charge on any atom is 0.267 e. The van der Waals surface area contributed by atoms with E-state index < -0.39 is 0 Å². The van der Waals surface area contributed by atoms with Crippen LogP contribution in [-0.2, 0) is 5.41 Å². The molecule has 5 nitrogen and oxygen atoms in total. The molecule has 1 heterocycles. The first-order valence-corrected chi connectivity index (χ1v) is 10.3. The van der Waals surface area contributed by atoms with Gasteiger partial charge >= 0.3 is 0 Å². The quantitative estimate of drug-likeness (QED) is 0.634. The average molecular weight is 409 g/mol. The molecule has 6 heteroatoms. The van der Waals surface area contributed by atoms with Gasteiger partial charge in [0.15, 0.2) is 0 Å². The smallest absolute Gasteiger partial charge is 0.267 e. The zero-order valence-corrected chi connectivity index (χ0v) is 17.0. The van der Waals surface area contributed by atoms with Crippen LogP contribution < -0.4 is 17.0 Å². The molecule has 29 heavy (non-hydrogen) atoms. The lowest BCUT2D eigenvalue weighted by molar-refractivity contribution is 0.222. The third-order valence-electron chi connectivity index (χ3n) is 6.09. The molecule has 1 aromatic heterocycles. The van der Waals surface area contributed by atoms with Crippen LogP contribution >= 0.6 is 11.6 Å². The van der Waals surface area contributed by atoms with Gasteiger partial charge in [-0.3, -0.25) is 4.79 Å². The van der Waals surface area contributed by atoms with Crippen LogP contribution in [0.15, 0.2) is 65.5 Å². The normalized spacial score (nSPS) is 21.8. The van der Waals surface area contributed by atoms with Crippen LogP contribution in [0, 0.1) is 0 Å². The van der Waals surface area contributed by atoms with Crippen molar-refractivity contribution in [1.82, 2.24) is 9.78 Å². The van der Waals surface area contributed by atoms with E-state index in [2.05, 4.69) is 11.2 Å². The maximum atomic E-state index is 12.5. The largest absolute Gasteiger partial charge is 0.399 e. The van der Waals surface area contributed by atoms with Gasteiger partial charge in [0.2, 0.25) is 0 Å². The Bertz CT molecular complexity index is 1070. The number of halogens is 1. The molecule has 1 fully saturated rings. The van der Waals surface area contributed by atoms with E-state index in [1.165, 1.54) is 5.56 Å². The highest BCUT2D eigenvalue weighted by atomic mass is 35.5. The van der Waals surface area contributed by atoms with Crippen molar-refractivity contribution >= 4 is 17.3 Å². The minimum Gasteiger partial charge on any atom is -0.399 e. The molecule has 4 N–H and O–H groups in total. The predicted octanol–water partition coefficient (Wildman–Crippen LogP) is 4.16. The Morgan fingerprint density at radius 1 is 1.07 bits per heavy atom. The predicted molar refractivity (Wildman–Crippen MR) is 118 cm³/mol. The molecule has 1 aliphatic carbocycles. The minimum absolute atomic E-state index is 0.0577. The van der Waals surface area contributed by atoms with Crippen molar-refractivity contribution in [3.63, 3.8) is 0 Å². The third-order valence-corrected chi connectivity index (χ3v) is 6.33. The molecular formula is C23H25ClN4O. The van der Waals surface area contributed by atoms with Crippen LogP contribution in [0.25, 0.3) is 11.3 Å². The molecule has 0 bridgehead atoms. The van der Waals surface area contributed by atoms with Gasteiger partial charge in [0, 0.05) is 34.3 Å². The number of hydrogen-bond acceptors (Lipinski definition) is 4. The fourth-order valence-corrected chi connectivity index (χ4v) is 4.56. The molecule has 2 aromatic carbocycles. The molecule has 0 aliphatic heterocycles.